The monoisotopic (exact) mass is 401 g/mol. The smallest absolute Gasteiger partial charge is 0.261 e. The van der Waals surface area contributed by atoms with Gasteiger partial charge in [0.1, 0.15) is 0 Å². The van der Waals surface area contributed by atoms with E-state index < -0.39 is 0 Å². The predicted octanol–water partition coefficient (Wildman–Crippen LogP) is 4.07. The highest BCUT2D eigenvalue weighted by atomic mass is 32.1. The maximum Gasteiger partial charge on any atom is 0.261 e. The van der Waals surface area contributed by atoms with Crippen molar-refractivity contribution in [3.63, 3.8) is 0 Å². The molecule has 0 saturated carbocycles. The Balaban J connectivity index is 1.30. The van der Waals surface area contributed by atoms with Crippen molar-refractivity contribution >= 4 is 55.2 Å². The Labute approximate surface area is 169 Å². The zero-order valence-electron chi connectivity index (χ0n) is 15.2. The molecule has 0 aliphatic carbocycles. The molecule has 0 spiro atoms. The molecular weight excluding hydrogens is 386 g/mol. The Morgan fingerprint density at radius 3 is 2.38 bits per heavy atom. The van der Waals surface area contributed by atoms with E-state index in [-0.39, 0.29) is 30.7 Å². The standard InChI is InChI=1S/C22H15N3O3S/c26-18(11-12-25-20(27)15-7-3-4-8-16(15)21(25)28)23-22-24-19-14-6-2-1-5-13(14)9-10-17(19)29-22/h1-10H,11-12H2,(H,23,24,26). The molecule has 0 fully saturated rings. The molecule has 1 aliphatic heterocycles. The van der Waals surface area contributed by atoms with Gasteiger partial charge in [0.15, 0.2) is 5.13 Å². The van der Waals surface area contributed by atoms with E-state index in [4.69, 9.17) is 0 Å². The van der Waals surface area contributed by atoms with Crippen LogP contribution in [0.4, 0.5) is 5.13 Å². The van der Waals surface area contributed by atoms with Crippen LogP contribution >= 0.6 is 11.3 Å². The van der Waals surface area contributed by atoms with E-state index >= 15 is 0 Å². The Morgan fingerprint density at radius 1 is 0.931 bits per heavy atom. The predicted molar refractivity (Wildman–Crippen MR) is 112 cm³/mol. The number of fused-ring (bicyclic) bond motifs is 4. The van der Waals surface area contributed by atoms with Crippen molar-refractivity contribution in [2.75, 3.05) is 11.9 Å². The van der Waals surface area contributed by atoms with Crippen molar-refractivity contribution in [2.24, 2.45) is 0 Å². The summed E-state index contributed by atoms with van der Waals surface area (Å²) in [6.45, 7) is 0.0337. The molecule has 3 amide bonds. The molecule has 2 heterocycles. The fourth-order valence-electron chi connectivity index (χ4n) is 3.55. The molecule has 7 heteroatoms. The zero-order valence-corrected chi connectivity index (χ0v) is 16.0. The van der Waals surface area contributed by atoms with Gasteiger partial charge in [-0.2, -0.15) is 0 Å². The molecule has 4 aromatic rings. The van der Waals surface area contributed by atoms with Crippen LogP contribution in [0.3, 0.4) is 0 Å². The summed E-state index contributed by atoms with van der Waals surface area (Å²) in [5, 5.41) is 5.42. The molecule has 6 nitrogen and oxygen atoms in total. The van der Waals surface area contributed by atoms with Gasteiger partial charge in [-0.3, -0.25) is 19.3 Å². The molecule has 3 aromatic carbocycles. The molecule has 5 rings (SSSR count). The maximum atomic E-state index is 12.4. The molecule has 29 heavy (non-hydrogen) atoms. The summed E-state index contributed by atoms with van der Waals surface area (Å²) in [7, 11) is 0. The third-order valence-electron chi connectivity index (χ3n) is 4.97. The third kappa shape index (κ3) is 2.96. The summed E-state index contributed by atoms with van der Waals surface area (Å²) in [6.07, 6.45) is 0.0160. The van der Waals surface area contributed by atoms with E-state index in [1.165, 1.54) is 11.3 Å². The normalized spacial score (nSPS) is 13.3. The van der Waals surface area contributed by atoms with E-state index in [0.29, 0.717) is 16.3 Å². The number of thiazole rings is 1. The minimum atomic E-state index is -0.357. The number of aromatic nitrogens is 1. The Morgan fingerprint density at radius 2 is 1.62 bits per heavy atom. The highest BCUT2D eigenvalue weighted by molar-refractivity contribution is 7.22. The van der Waals surface area contributed by atoms with Gasteiger partial charge in [0, 0.05) is 18.4 Å². The second kappa shape index (κ2) is 6.79. The van der Waals surface area contributed by atoms with Crippen molar-refractivity contribution in [3.8, 4) is 0 Å². The van der Waals surface area contributed by atoms with E-state index in [9.17, 15) is 14.4 Å². The molecule has 1 N–H and O–H groups in total. The molecule has 1 aromatic heterocycles. The quantitative estimate of drug-likeness (QED) is 0.523. The van der Waals surface area contributed by atoms with Crippen LogP contribution in [0.15, 0.2) is 60.7 Å². The molecule has 1 aliphatic rings. The largest absolute Gasteiger partial charge is 0.302 e. The van der Waals surface area contributed by atoms with Crippen molar-refractivity contribution in [1.29, 1.82) is 0 Å². The van der Waals surface area contributed by atoms with Crippen LogP contribution in [0.1, 0.15) is 27.1 Å². The molecule has 0 saturated heterocycles. The molecular formula is C22H15N3O3S. The fraction of sp³-hybridized carbons (Fsp3) is 0.0909. The highest BCUT2D eigenvalue weighted by Crippen LogP contribution is 2.31. The summed E-state index contributed by atoms with van der Waals surface area (Å²) in [5.74, 6) is -1.00. The number of nitrogens with zero attached hydrogens (tertiary/aromatic N) is 2. The van der Waals surface area contributed by atoms with Crippen LogP contribution < -0.4 is 5.32 Å². The van der Waals surface area contributed by atoms with Crippen LogP contribution in [0.2, 0.25) is 0 Å². The van der Waals surface area contributed by atoms with Gasteiger partial charge in [-0.1, -0.05) is 53.8 Å². The first-order valence-electron chi connectivity index (χ1n) is 9.15. The van der Waals surface area contributed by atoms with Crippen molar-refractivity contribution in [1.82, 2.24) is 9.88 Å². The first kappa shape index (κ1) is 17.5. The van der Waals surface area contributed by atoms with Crippen molar-refractivity contribution < 1.29 is 14.4 Å². The Bertz CT molecular complexity index is 1280. The highest BCUT2D eigenvalue weighted by Gasteiger charge is 2.34. The van der Waals surface area contributed by atoms with Gasteiger partial charge in [-0.05, 0) is 23.6 Å². The van der Waals surface area contributed by atoms with Gasteiger partial charge < -0.3 is 5.32 Å². The maximum absolute atomic E-state index is 12.4. The van der Waals surface area contributed by atoms with Gasteiger partial charge in [-0.15, -0.1) is 0 Å². The number of carbonyl (C=O) groups excluding carboxylic acids is 3. The summed E-state index contributed by atoms with van der Waals surface area (Å²) < 4.78 is 0.986. The number of nitrogens with one attached hydrogen (secondary N) is 1. The first-order chi connectivity index (χ1) is 14.1. The van der Waals surface area contributed by atoms with Crippen LogP contribution in [0.25, 0.3) is 21.0 Å². The number of imide groups is 1. The summed E-state index contributed by atoms with van der Waals surface area (Å²) in [4.78, 5) is 42.9. The number of hydrogen-bond acceptors (Lipinski definition) is 5. The Kier molecular flexibility index (Phi) is 4.10. The van der Waals surface area contributed by atoms with E-state index in [1.54, 1.807) is 24.3 Å². The van der Waals surface area contributed by atoms with Gasteiger partial charge in [-0.25, -0.2) is 4.98 Å². The van der Waals surface area contributed by atoms with Crippen molar-refractivity contribution in [3.05, 3.63) is 71.8 Å². The lowest BCUT2D eigenvalue weighted by molar-refractivity contribution is -0.116. The van der Waals surface area contributed by atoms with E-state index in [2.05, 4.69) is 10.3 Å². The first-order valence-corrected chi connectivity index (χ1v) is 9.97. The number of carbonyl (C=O) groups is 3. The summed E-state index contributed by atoms with van der Waals surface area (Å²) >= 11 is 1.40. The minimum Gasteiger partial charge on any atom is -0.302 e. The van der Waals surface area contributed by atoms with Crippen LogP contribution in [-0.4, -0.2) is 34.2 Å². The molecule has 0 atom stereocenters. The van der Waals surface area contributed by atoms with Crippen molar-refractivity contribution in [2.45, 2.75) is 6.42 Å². The Hall–Kier alpha value is -3.58. The van der Waals surface area contributed by atoms with Crippen LogP contribution in [0, 0.1) is 0 Å². The lowest BCUT2D eigenvalue weighted by Crippen LogP contribution is -2.32. The molecule has 0 radical (unpaired) electrons. The second-order valence-corrected chi connectivity index (χ2v) is 7.79. The zero-order chi connectivity index (χ0) is 20.0. The number of anilines is 1. The molecule has 0 unspecified atom stereocenters. The molecule has 142 valence electrons. The average molecular weight is 401 g/mol. The van der Waals surface area contributed by atoms with Gasteiger partial charge in [0.05, 0.1) is 21.3 Å². The lowest BCUT2D eigenvalue weighted by atomic mass is 10.1. The second-order valence-electron chi connectivity index (χ2n) is 6.76. The third-order valence-corrected chi connectivity index (χ3v) is 5.91. The molecule has 0 bridgehead atoms. The van der Waals surface area contributed by atoms with Gasteiger partial charge >= 0.3 is 0 Å². The number of amides is 3. The fourth-order valence-corrected chi connectivity index (χ4v) is 4.45. The van der Waals surface area contributed by atoms with Crippen LogP contribution in [-0.2, 0) is 4.79 Å². The number of hydrogen-bond donors (Lipinski definition) is 1. The number of benzene rings is 3. The SMILES string of the molecule is O=C(CCN1C(=O)c2ccccc2C1=O)Nc1nc2c(ccc3ccccc32)s1. The average Bonchev–Trinajstić information content (AvgIpc) is 3.26. The minimum absolute atomic E-state index is 0.0160. The van der Waals surface area contributed by atoms with Gasteiger partial charge in [0.2, 0.25) is 5.91 Å². The van der Waals surface area contributed by atoms with Crippen LogP contribution in [0.5, 0.6) is 0 Å². The lowest BCUT2D eigenvalue weighted by Gasteiger charge is -2.12. The summed E-state index contributed by atoms with van der Waals surface area (Å²) in [6, 6.07) is 18.7. The van der Waals surface area contributed by atoms with E-state index in [0.717, 1.165) is 25.9 Å². The summed E-state index contributed by atoms with van der Waals surface area (Å²) in [5.41, 5.74) is 1.62. The topological polar surface area (TPSA) is 79.4 Å². The van der Waals surface area contributed by atoms with E-state index in [1.807, 2.05) is 36.4 Å². The number of rotatable bonds is 4. The van der Waals surface area contributed by atoms with Gasteiger partial charge in [0.25, 0.3) is 11.8 Å².